The van der Waals surface area contributed by atoms with E-state index in [2.05, 4.69) is 5.32 Å². The number of hydrogen-bond donors (Lipinski definition) is 1. The van der Waals surface area contributed by atoms with E-state index >= 15 is 0 Å². The number of nitrogens with zero attached hydrogens (tertiary/aromatic N) is 1. The second-order valence-corrected chi connectivity index (χ2v) is 7.62. The van der Waals surface area contributed by atoms with Crippen LogP contribution >= 0.6 is 23.2 Å². The zero-order valence-electron chi connectivity index (χ0n) is 16.5. The fourth-order valence-corrected chi connectivity index (χ4v) is 3.54. The van der Waals surface area contributed by atoms with Crippen LogP contribution in [0, 0.1) is 6.92 Å². The van der Waals surface area contributed by atoms with Crippen molar-refractivity contribution < 1.29 is 9.59 Å². The molecule has 0 aliphatic heterocycles. The van der Waals surface area contributed by atoms with E-state index in [0.29, 0.717) is 29.3 Å². The van der Waals surface area contributed by atoms with Crippen molar-refractivity contribution in [3.8, 4) is 0 Å². The van der Waals surface area contributed by atoms with Crippen LogP contribution in [0.15, 0.2) is 42.5 Å². The highest BCUT2D eigenvalue weighted by molar-refractivity contribution is 6.35. The lowest BCUT2D eigenvalue weighted by molar-refractivity contribution is -0.141. The van der Waals surface area contributed by atoms with Gasteiger partial charge < -0.3 is 10.2 Å². The fourth-order valence-electron chi connectivity index (χ4n) is 3.07. The van der Waals surface area contributed by atoms with E-state index in [-0.39, 0.29) is 18.4 Å². The average Bonchev–Trinajstić information content (AvgIpc) is 2.68. The Balaban J connectivity index is 2.21. The van der Waals surface area contributed by atoms with Crippen LogP contribution in [0.25, 0.3) is 0 Å². The molecule has 0 fully saturated rings. The van der Waals surface area contributed by atoms with Gasteiger partial charge in [0.05, 0.1) is 0 Å². The smallest absolute Gasteiger partial charge is 0.242 e. The van der Waals surface area contributed by atoms with Crippen LogP contribution in [0.2, 0.25) is 10.0 Å². The lowest BCUT2D eigenvalue weighted by atomic mass is 10.1. The van der Waals surface area contributed by atoms with Gasteiger partial charge in [0.25, 0.3) is 0 Å². The lowest BCUT2D eigenvalue weighted by Crippen LogP contribution is -2.48. The predicted octanol–water partition coefficient (Wildman–Crippen LogP) is 4.79. The van der Waals surface area contributed by atoms with Crippen molar-refractivity contribution in [2.75, 3.05) is 7.05 Å². The van der Waals surface area contributed by atoms with Gasteiger partial charge in [-0.15, -0.1) is 0 Å². The summed E-state index contributed by atoms with van der Waals surface area (Å²) in [5.41, 5.74) is 3.04. The first-order chi connectivity index (χ1) is 13.3. The number of carbonyl (C=O) groups excluding carboxylic acids is 2. The maximum atomic E-state index is 13.1. The van der Waals surface area contributed by atoms with Crippen LogP contribution in [0.1, 0.15) is 36.5 Å². The molecule has 0 saturated heterocycles. The highest BCUT2D eigenvalue weighted by Gasteiger charge is 2.28. The van der Waals surface area contributed by atoms with Crippen molar-refractivity contribution in [1.82, 2.24) is 10.2 Å². The van der Waals surface area contributed by atoms with Gasteiger partial charge in [0.15, 0.2) is 0 Å². The molecule has 1 unspecified atom stereocenters. The van der Waals surface area contributed by atoms with Crippen LogP contribution < -0.4 is 5.32 Å². The predicted molar refractivity (Wildman–Crippen MR) is 115 cm³/mol. The number of benzene rings is 2. The summed E-state index contributed by atoms with van der Waals surface area (Å²) in [6.45, 7) is 4.18. The molecule has 2 aromatic carbocycles. The van der Waals surface area contributed by atoms with E-state index in [0.717, 1.165) is 11.1 Å². The van der Waals surface area contributed by atoms with Crippen molar-refractivity contribution in [3.63, 3.8) is 0 Å². The van der Waals surface area contributed by atoms with Gasteiger partial charge in [0.1, 0.15) is 6.04 Å². The van der Waals surface area contributed by atoms with Crippen LogP contribution in [0.4, 0.5) is 0 Å². The molecule has 0 radical (unpaired) electrons. The molecule has 2 amide bonds. The van der Waals surface area contributed by atoms with Gasteiger partial charge in [-0.25, -0.2) is 0 Å². The molecule has 0 aliphatic carbocycles. The lowest BCUT2D eigenvalue weighted by Gasteiger charge is -2.30. The van der Waals surface area contributed by atoms with Gasteiger partial charge in [-0.2, -0.15) is 0 Å². The Hall–Kier alpha value is -2.04. The standard InChI is InChI=1S/C22H26Cl2N2O2/c1-4-20(22(28)25-3)26(14-17-10-11-18(23)13-19(17)24)21(27)12-9-16-7-5-15(2)6-8-16/h5-8,10-11,13,20H,4,9,12,14H2,1-3H3,(H,25,28). The van der Waals surface area contributed by atoms with Gasteiger partial charge in [-0.3, -0.25) is 9.59 Å². The fraction of sp³-hybridized carbons (Fsp3) is 0.364. The summed E-state index contributed by atoms with van der Waals surface area (Å²) < 4.78 is 0. The Bertz CT molecular complexity index is 822. The quantitative estimate of drug-likeness (QED) is 0.667. The summed E-state index contributed by atoms with van der Waals surface area (Å²) in [4.78, 5) is 27.0. The average molecular weight is 421 g/mol. The molecule has 0 bridgehead atoms. The molecule has 2 aromatic rings. The molecular formula is C22H26Cl2N2O2. The van der Waals surface area contributed by atoms with Gasteiger partial charge in [-0.05, 0) is 43.0 Å². The van der Waals surface area contributed by atoms with Crippen LogP contribution in [0.3, 0.4) is 0 Å². The third-order valence-corrected chi connectivity index (χ3v) is 5.32. The second kappa shape index (κ2) is 10.5. The van der Waals surface area contributed by atoms with Crippen LogP contribution in [-0.4, -0.2) is 29.8 Å². The maximum absolute atomic E-state index is 13.1. The van der Waals surface area contributed by atoms with Gasteiger partial charge in [-0.1, -0.05) is 66.0 Å². The SMILES string of the molecule is CCC(C(=O)NC)N(Cc1ccc(Cl)cc1Cl)C(=O)CCc1ccc(C)cc1. The van der Waals surface area contributed by atoms with E-state index in [1.165, 1.54) is 5.56 Å². The number of rotatable bonds is 8. The van der Waals surface area contributed by atoms with E-state index in [1.807, 2.05) is 38.1 Å². The Morgan fingerprint density at radius 2 is 1.79 bits per heavy atom. The van der Waals surface area contributed by atoms with E-state index < -0.39 is 6.04 Å². The summed E-state index contributed by atoms with van der Waals surface area (Å²) in [5, 5.41) is 3.67. The minimum absolute atomic E-state index is 0.0814. The van der Waals surface area contributed by atoms with Gasteiger partial charge in [0, 0.05) is 30.1 Å². The molecule has 1 N–H and O–H groups in total. The van der Waals surface area contributed by atoms with E-state index in [9.17, 15) is 9.59 Å². The topological polar surface area (TPSA) is 49.4 Å². The number of halogens is 2. The molecular weight excluding hydrogens is 395 g/mol. The minimum atomic E-state index is -0.553. The number of hydrogen-bond acceptors (Lipinski definition) is 2. The Kier molecular flexibility index (Phi) is 8.34. The van der Waals surface area contributed by atoms with Crippen molar-refractivity contribution in [2.24, 2.45) is 0 Å². The zero-order valence-corrected chi connectivity index (χ0v) is 18.0. The Morgan fingerprint density at radius 3 is 2.36 bits per heavy atom. The summed E-state index contributed by atoms with van der Waals surface area (Å²) >= 11 is 12.3. The molecule has 0 spiro atoms. The highest BCUT2D eigenvalue weighted by atomic mass is 35.5. The maximum Gasteiger partial charge on any atom is 0.242 e. The molecule has 1 atom stereocenters. The molecule has 0 aromatic heterocycles. The number of aryl methyl sites for hydroxylation is 2. The Labute approximate surface area is 176 Å². The molecule has 2 rings (SSSR count). The van der Waals surface area contributed by atoms with Crippen molar-refractivity contribution in [1.29, 1.82) is 0 Å². The van der Waals surface area contributed by atoms with E-state index in [4.69, 9.17) is 23.2 Å². The molecule has 6 heteroatoms. The largest absolute Gasteiger partial charge is 0.357 e. The summed E-state index contributed by atoms with van der Waals surface area (Å²) in [6.07, 6.45) is 1.46. The number of likely N-dealkylation sites (N-methyl/N-ethyl adjacent to an activating group) is 1. The third-order valence-electron chi connectivity index (χ3n) is 4.74. The first-order valence-corrected chi connectivity index (χ1v) is 10.1. The first kappa shape index (κ1) is 22.3. The number of amides is 2. The molecule has 28 heavy (non-hydrogen) atoms. The van der Waals surface area contributed by atoms with Crippen molar-refractivity contribution in [2.45, 2.75) is 45.7 Å². The summed E-state index contributed by atoms with van der Waals surface area (Å²) in [5.74, 6) is -0.265. The molecule has 4 nitrogen and oxygen atoms in total. The molecule has 150 valence electrons. The van der Waals surface area contributed by atoms with Crippen molar-refractivity contribution in [3.05, 3.63) is 69.2 Å². The number of nitrogens with one attached hydrogen (secondary N) is 1. The van der Waals surface area contributed by atoms with E-state index in [1.54, 1.807) is 30.1 Å². The first-order valence-electron chi connectivity index (χ1n) is 9.36. The Morgan fingerprint density at radius 1 is 1.11 bits per heavy atom. The molecule has 0 saturated carbocycles. The molecule has 0 heterocycles. The van der Waals surface area contributed by atoms with Gasteiger partial charge >= 0.3 is 0 Å². The summed E-state index contributed by atoms with van der Waals surface area (Å²) in [6, 6.07) is 12.7. The van der Waals surface area contributed by atoms with Crippen molar-refractivity contribution >= 4 is 35.0 Å². The number of carbonyl (C=O) groups is 2. The third kappa shape index (κ3) is 5.98. The minimum Gasteiger partial charge on any atom is -0.357 e. The highest BCUT2D eigenvalue weighted by Crippen LogP contribution is 2.24. The van der Waals surface area contributed by atoms with Crippen LogP contribution in [-0.2, 0) is 22.6 Å². The van der Waals surface area contributed by atoms with Crippen LogP contribution in [0.5, 0.6) is 0 Å². The van der Waals surface area contributed by atoms with Gasteiger partial charge in [0.2, 0.25) is 11.8 Å². The summed E-state index contributed by atoms with van der Waals surface area (Å²) in [7, 11) is 1.58. The second-order valence-electron chi connectivity index (χ2n) is 6.78. The zero-order chi connectivity index (χ0) is 20.7. The molecule has 0 aliphatic rings. The monoisotopic (exact) mass is 420 g/mol. The normalized spacial score (nSPS) is 11.8.